The van der Waals surface area contributed by atoms with E-state index >= 15 is 0 Å². The monoisotopic (exact) mass is 451 g/mol. The molecule has 0 aliphatic carbocycles. The molecule has 11 heteroatoms. The van der Waals surface area contributed by atoms with Gasteiger partial charge in [-0.05, 0) is 5.56 Å². The number of thioether (sulfide) groups is 1. The van der Waals surface area contributed by atoms with E-state index in [1.807, 2.05) is 0 Å². The Hall–Kier alpha value is -3.05. The quantitative estimate of drug-likeness (QED) is 0.292. The SMILES string of the molecule is O=[N+]([O-])c1cc2c(c(CSc3ncc(-c4ccccc4)n3CC(F)(F)F)c1)OCOC2. The van der Waals surface area contributed by atoms with Crippen molar-refractivity contribution in [1.29, 1.82) is 0 Å². The first kappa shape index (κ1) is 21.2. The summed E-state index contributed by atoms with van der Waals surface area (Å²) in [4.78, 5) is 14.9. The van der Waals surface area contributed by atoms with Crippen LogP contribution in [0.5, 0.6) is 5.75 Å². The van der Waals surface area contributed by atoms with Crippen LogP contribution < -0.4 is 4.74 Å². The highest BCUT2D eigenvalue weighted by atomic mass is 32.2. The maximum Gasteiger partial charge on any atom is 0.406 e. The number of nitro groups is 1. The first-order valence-electron chi connectivity index (χ1n) is 9.13. The Morgan fingerprint density at radius 3 is 2.71 bits per heavy atom. The Morgan fingerprint density at radius 1 is 1.23 bits per heavy atom. The van der Waals surface area contributed by atoms with Crippen LogP contribution >= 0.6 is 11.8 Å². The van der Waals surface area contributed by atoms with Gasteiger partial charge in [-0.25, -0.2) is 4.98 Å². The van der Waals surface area contributed by atoms with Crippen molar-refractivity contribution in [3.05, 3.63) is 69.9 Å². The van der Waals surface area contributed by atoms with E-state index in [9.17, 15) is 23.3 Å². The number of hydrogen-bond acceptors (Lipinski definition) is 6. The minimum atomic E-state index is -4.44. The van der Waals surface area contributed by atoms with Crippen LogP contribution in [0.2, 0.25) is 0 Å². The fraction of sp³-hybridized carbons (Fsp3) is 0.250. The number of alkyl halides is 3. The fourth-order valence-electron chi connectivity index (χ4n) is 3.28. The number of aromatic nitrogens is 2. The predicted molar refractivity (Wildman–Crippen MR) is 107 cm³/mol. The molecule has 0 atom stereocenters. The number of fused-ring (bicyclic) bond motifs is 1. The van der Waals surface area contributed by atoms with Crippen molar-refractivity contribution in [3.63, 3.8) is 0 Å². The van der Waals surface area contributed by atoms with Gasteiger partial charge in [-0.1, -0.05) is 42.1 Å². The standard InChI is InChI=1S/C20H16F3N3O4S/c21-20(22,23)11-25-17(13-4-2-1-3-5-13)8-24-19(25)31-10-15-7-16(26(27)28)6-14-9-29-12-30-18(14)15/h1-8H,9-12H2. The number of nitro benzene ring substituents is 1. The third kappa shape index (κ3) is 4.83. The highest BCUT2D eigenvalue weighted by Gasteiger charge is 2.31. The Balaban J connectivity index is 1.67. The summed E-state index contributed by atoms with van der Waals surface area (Å²) in [6.45, 7) is -1.03. The van der Waals surface area contributed by atoms with Crippen LogP contribution in [-0.2, 0) is 23.6 Å². The largest absolute Gasteiger partial charge is 0.467 e. The topological polar surface area (TPSA) is 79.4 Å². The van der Waals surface area contributed by atoms with Crippen molar-refractivity contribution in [1.82, 2.24) is 9.55 Å². The number of nitrogens with zero attached hydrogens (tertiary/aromatic N) is 3. The van der Waals surface area contributed by atoms with E-state index in [2.05, 4.69) is 4.98 Å². The van der Waals surface area contributed by atoms with Gasteiger partial charge in [-0.15, -0.1) is 0 Å². The van der Waals surface area contributed by atoms with Gasteiger partial charge < -0.3 is 14.0 Å². The molecule has 1 aliphatic rings. The van der Waals surface area contributed by atoms with Crippen LogP contribution in [0.15, 0.2) is 53.8 Å². The van der Waals surface area contributed by atoms with Crippen LogP contribution in [0.25, 0.3) is 11.3 Å². The summed E-state index contributed by atoms with van der Waals surface area (Å²) in [5.41, 5.74) is 1.84. The van der Waals surface area contributed by atoms with Crippen LogP contribution in [0.1, 0.15) is 11.1 Å². The molecule has 3 aromatic rings. The Bertz CT molecular complexity index is 1100. The molecule has 0 unspecified atom stereocenters. The molecule has 1 aliphatic heterocycles. The molecule has 7 nitrogen and oxygen atoms in total. The lowest BCUT2D eigenvalue weighted by molar-refractivity contribution is -0.385. The lowest BCUT2D eigenvalue weighted by atomic mass is 10.1. The van der Waals surface area contributed by atoms with Crippen LogP contribution in [0.3, 0.4) is 0 Å². The molecule has 0 radical (unpaired) electrons. The zero-order valence-electron chi connectivity index (χ0n) is 16.0. The van der Waals surface area contributed by atoms with E-state index in [4.69, 9.17) is 9.47 Å². The molecule has 31 heavy (non-hydrogen) atoms. The summed E-state index contributed by atoms with van der Waals surface area (Å²) in [5.74, 6) is 0.606. The van der Waals surface area contributed by atoms with E-state index in [1.54, 1.807) is 30.3 Å². The smallest absolute Gasteiger partial charge is 0.406 e. The van der Waals surface area contributed by atoms with Crippen molar-refractivity contribution < 1.29 is 27.6 Å². The van der Waals surface area contributed by atoms with Crippen molar-refractivity contribution in [3.8, 4) is 17.0 Å². The fourth-order valence-corrected chi connectivity index (χ4v) is 4.23. The molecule has 0 amide bonds. The molecule has 0 saturated heterocycles. The first-order valence-corrected chi connectivity index (χ1v) is 10.1. The summed E-state index contributed by atoms with van der Waals surface area (Å²) in [7, 11) is 0. The van der Waals surface area contributed by atoms with E-state index in [0.717, 1.165) is 16.3 Å². The zero-order valence-corrected chi connectivity index (χ0v) is 16.8. The summed E-state index contributed by atoms with van der Waals surface area (Å²) in [5, 5.41) is 11.4. The van der Waals surface area contributed by atoms with E-state index < -0.39 is 17.6 Å². The maximum atomic E-state index is 13.3. The molecule has 0 spiro atoms. The number of rotatable bonds is 6. The van der Waals surface area contributed by atoms with E-state index in [1.165, 1.54) is 18.3 Å². The molecule has 2 heterocycles. The van der Waals surface area contributed by atoms with Gasteiger partial charge in [0.1, 0.15) is 12.3 Å². The minimum absolute atomic E-state index is 0.00331. The van der Waals surface area contributed by atoms with Crippen LogP contribution in [0, 0.1) is 10.1 Å². The molecular formula is C20H16F3N3O4S. The molecule has 0 N–H and O–H groups in total. The highest BCUT2D eigenvalue weighted by Crippen LogP contribution is 2.37. The molecule has 162 valence electrons. The summed E-state index contributed by atoms with van der Waals surface area (Å²) in [6, 6.07) is 11.4. The van der Waals surface area contributed by atoms with Gasteiger partial charge in [0.05, 0.1) is 23.4 Å². The van der Waals surface area contributed by atoms with Crippen molar-refractivity contribution in [2.45, 2.75) is 30.2 Å². The Kier molecular flexibility index (Phi) is 5.88. The van der Waals surface area contributed by atoms with Gasteiger partial charge in [-0.3, -0.25) is 10.1 Å². The Labute approximate surface area is 179 Å². The van der Waals surface area contributed by atoms with Crippen molar-refractivity contribution in [2.75, 3.05) is 6.79 Å². The van der Waals surface area contributed by atoms with Gasteiger partial charge in [0.2, 0.25) is 0 Å². The number of hydrogen-bond donors (Lipinski definition) is 0. The molecule has 0 bridgehead atoms. The third-order valence-corrected chi connectivity index (χ3v) is 5.60. The first-order chi connectivity index (χ1) is 14.8. The number of halogens is 3. The second kappa shape index (κ2) is 8.60. The van der Waals surface area contributed by atoms with Gasteiger partial charge >= 0.3 is 6.18 Å². The number of non-ortho nitro benzene ring substituents is 1. The average Bonchev–Trinajstić information content (AvgIpc) is 3.13. The van der Waals surface area contributed by atoms with Gasteiger partial charge in [0.15, 0.2) is 11.9 Å². The molecule has 2 aromatic carbocycles. The molecule has 0 fully saturated rings. The molecule has 4 rings (SSSR count). The number of benzene rings is 2. The second-order valence-corrected chi connectivity index (χ2v) is 7.69. The van der Waals surface area contributed by atoms with Crippen LogP contribution in [-0.4, -0.2) is 27.4 Å². The average molecular weight is 451 g/mol. The summed E-state index contributed by atoms with van der Waals surface area (Å²) >= 11 is 1.06. The summed E-state index contributed by atoms with van der Waals surface area (Å²) in [6.07, 6.45) is -3.04. The predicted octanol–water partition coefficient (Wildman–Crippen LogP) is 5.18. The molecular weight excluding hydrogens is 435 g/mol. The zero-order chi connectivity index (χ0) is 22.0. The summed E-state index contributed by atoms with van der Waals surface area (Å²) < 4.78 is 51.6. The Morgan fingerprint density at radius 2 is 2.00 bits per heavy atom. The molecule has 0 saturated carbocycles. The third-order valence-electron chi connectivity index (χ3n) is 4.57. The van der Waals surface area contributed by atoms with Gasteiger partial charge in [-0.2, -0.15) is 13.2 Å². The lowest BCUT2D eigenvalue weighted by Crippen LogP contribution is -2.19. The van der Waals surface area contributed by atoms with Crippen molar-refractivity contribution >= 4 is 17.4 Å². The minimum Gasteiger partial charge on any atom is -0.467 e. The number of imidazole rings is 1. The van der Waals surface area contributed by atoms with Crippen molar-refractivity contribution in [2.24, 2.45) is 0 Å². The number of ether oxygens (including phenoxy) is 2. The normalized spacial score (nSPS) is 13.5. The second-order valence-electron chi connectivity index (χ2n) is 6.74. The maximum absolute atomic E-state index is 13.3. The lowest BCUT2D eigenvalue weighted by Gasteiger charge is -2.20. The molecule has 1 aromatic heterocycles. The van der Waals surface area contributed by atoms with Gasteiger partial charge in [0, 0.05) is 29.0 Å². The van der Waals surface area contributed by atoms with Crippen LogP contribution in [0.4, 0.5) is 18.9 Å². The van der Waals surface area contributed by atoms with E-state index in [-0.39, 0.29) is 30.0 Å². The van der Waals surface area contributed by atoms with Gasteiger partial charge in [0.25, 0.3) is 5.69 Å². The van der Waals surface area contributed by atoms with E-state index in [0.29, 0.717) is 28.1 Å². The highest BCUT2D eigenvalue weighted by molar-refractivity contribution is 7.98.